The summed E-state index contributed by atoms with van der Waals surface area (Å²) in [7, 11) is 1.86. The van der Waals surface area contributed by atoms with E-state index >= 15 is 0 Å². The zero-order valence-corrected chi connectivity index (χ0v) is 11.5. The zero-order chi connectivity index (χ0) is 13.8. The topological polar surface area (TPSA) is 29.9 Å². The summed E-state index contributed by atoms with van der Waals surface area (Å²) in [5.74, 6) is -2.41. The number of aromatic nitrogens is 2. The Morgan fingerprint density at radius 1 is 1.37 bits per heavy atom. The molecule has 0 saturated carbocycles. The molecule has 6 heteroatoms. The second-order valence-electron chi connectivity index (χ2n) is 4.14. The Labute approximate surface area is 115 Å². The van der Waals surface area contributed by atoms with Gasteiger partial charge in [-0.1, -0.05) is 23.9 Å². The first kappa shape index (κ1) is 13.9. The molecule has 19 heavy (non-hydrogen) atoms. The van der Waals surface area contributed by atoms with Gasteiger partial charge in [0.2, 0.25) is 0 Å². The van der Waals surface area contributed by atoms with Gasteiger partial charge in [-0.3, -0.25) is 4.68 Å². The van der Waals surface area contributed by atoms with Crippen molar-refractivity contribution in [3.63, 3.8) is 0 Å². The first-order valence-corrected chi connectivity index (χ1v) is 6.71. The summed E-state index contributed by atoms with van der Waals surface area (Å²) in [6.07, 6.45) is 1.92. The number of rotatable bonds is 5. The van der Waals surface area contributed by atoms with Crippen LogP contribution >= 0.6 is 11.8 Å². The van der Waals surface area contributed by atoms with Crippen molar-refractivity contribution in [2.45, 2.75) is 24.1 Å². The highest BCUT2D eigenvalue weighted by Gasteiger charge is 2.10. The van der Waals surface area contributed by atoms with E-state index in [9.17, 15) is 8.78 Å². The number of thioether (sulfide) groups is 1. The molecule has 1 N–H and O–H groups in total. The fourth-order valence-corrected chi connectivity index (χ4v) is 2.44. The largest absolute Gasteiger partial charge is 0.380 e. The molecule has 0 aliphatic rings. The number of hydrogen-bond donors (Lipinski definition) is 1. The third-order valence-corrected chi connectivity index (χ3v) is 3.48. The Morgan fingerprint density at radius 3 is 2.74 bits per heavy atom. The number of hydrogen-bond acceptors (Lipinski definition) is 3. The summed E-state index contributed by atoms with van der Waals surface area (Å²) in [6.45, 7) is 2.50. The Balaban J connectivity index is 2.09. The number of anilines is 1. The lowest BCUT2D eigenvalue weighted by molar-refractivity contribution is 0.252. The van der Waals surface area contributed by atoms with Crippen molar-refractivity contribution in [3.05, 3.63) is 41.7 Å². The summed E-state index contributed by atoms with van der Waals surface area (Å²) in [5.41, 5.74) is 2.71. The monoisotopic (exact) mass is 283 g/mol. The van der Waals surface area contributed by atoms with Crippen molar-refractivity contribution in [2.24, 2.45) is 7.05 Å². The van der Waals surface area contributed by atoms with Crippen molar-refractivity contribution in [1.82, 2.24) is 9.78 Å². The molecule has 0 bridgehead atoms. The van der Waals surface area contributed by atoms with E-state index in [1.54, 1.807) is 22.9 Å². The Kier molecular flexibility index (Phi) is 4.42. The smallest absolute Gasteiger partial charge is 0.288 e. The number of para-hydroxylation sites is 1. The molecular formula is C13H15F2N3S. The van der Waals surface area contributed by atoms with Crippen LogP contribution in [0, 0.1) is 6.92 Å². The van der Waals surface area contributed by atoms with E-state index < -0.39 is 5.76 Å². The molecule has 1 heterocycles. The molecule has 1 aromatic carbocycles. The van der Waals surface area contributed by atoms with Crippen molar-refractivity contribution in [1.29, 1.82) is 0 Å². The molecule has 0 unspecified atom stereocenters. The summed E-state index contributed by atoms with van der Waals surface area (Å²) < 4.78 is 26.6. The quantitative estimate of drug-likeness (QED) is 0.849. The molecule has 102 valence electrons. The molecular weight excluding hydrogens is 268 g/mol. The molecule has 0 saturated heterocycles. The minimum Gasteiger partial charge on any atom is -0.380 e. The van der Waals surface area contributed by atoms with Crippen LogP contribution in [0.1, 0.15) is 11.3 Å². The van der Waals surface area contributed by atoms with E-state index in [-0.39, 0.29) is 0 Å². The maximum absolute atomic E-state index is 12.5. The number of halogens is 2. The first-order valence-electron chi connectivity index (χ1n) is 5.83. The van der Waals surface area contributed by atoms with Crippen LogP contribution in [0.5, 0.6) is 0 Å². The molecule has 0 amide bonds. The van der Waals surface area contributed by atoms with E-state index in [1.807, 2.05) is 26.2 Å². The second kappa shape index (κ2) is 6.06. The van der Waals surface area contributed by atoms with Gasteiger partial charge in [-0.05, 0) is 19.1 Å². The number of alkyl halides is 2. The minimum atomic E-state index is -2.41. The third-order valence-electron chi connectivity index (χ3n) is 2.69. The minimum absolute atomic E-state index is 0.553. The lowest BCUT2D eigenvalue weighted by atomic mass is 10.2. The molecule has 3 nitrogen and oxygen atoms in total. The molecule has 0 aliphatic heterocycles. The molecule has 0 radical (unpaired) electrons. The Hall–Kier alpha value is -1.56. The van der Waals surface area contributed by atoms with Crippen LogP contribution in [0.4, 0.5) is 14.5 Å². The molecule has 0 aliphatic carbocycles. The maximum atomic E-state index is 12.5. The van der Waals surface area contributed by atoms with E-state index in [4.69, 9.17) is 0 Å². The van der Waals surface area contributed by atoms with Gasteiger partial charge in [0, 0.05) is 35.9 Å². The predicted molar refractivity (Wildman–Crippen MR) is 73.6 cm³/mol. The van der Waals surface area contributed by atoms with Gasteiger partial charge >= 0.3 is 0 Å². The van der Waals surface area contributed by atoms with Crippen LogP contribution < -0.4 is 5.32 Å². The first-order chi connectivity index (χ1) is 9.06. The van der Waals surface area contributed by atoms with Crippen molar-refractivity contribution in [2.75, 3.05) is 5.32 Å². The molecule has 1 aromatic heterocycles. The van der Waals surface area contributed by atoms with Crippen molar-refractivity contribution < 1.29 is 8.78 Å². The highest BCUT2D eigenvalue weighted by atomic mass is 32.2. The number of nitrogens with one attached hydrogen (secondary N) is 1. The number of nitrogens with zero attached hydrogens (tertiary/aromatic N) is 2. The fourth-order valence-electron chi connectivity index (χ4n) is 1.82. The normalized spacial score (nSPS) is 11.0. The SMILES string of the molecule is Cc1nn(C)cc1CNc1ccccc1SC(F)F. The van der Waals surface area contributed by atoms with Crippen LogP contribution in [0.3, 0.4) is 0 Å². The van der Waals surface area contributed by atoms with Gasteiger partial charge in [-0.2, -0.15) is 13.9 Å². The Bertz CT molecular complexity index is 555. The van der Waals surface area contributed by atoms with E-state index in [2.05, 4.69) is 10.4 Å². The van der Waals surface area contributed by atoms with Crippen molar-refractivity contribution in [3.8, 4) is 0 Å². The van der Waals surface area contributed by atoms with Crippen LogP contribution in [-0.2, 0) is 13.6 Å². The summed E-state index contributed by atoms with van der Waals surface area (Å²) in [6, 6.07) is 7.07. The standard InChI is InChI=1S/C13H15F2N3S/c1-9-10(8-18(2)17-9)7-16-11-5-3-4-6-12(11)19-13(14)15/h3-6,8,13,16H,7H2,1-2H3. The van der Waals surface area contributed by atoms with E-state index in [0.717, 1.165) is 16.9 Å². The van der Waals surface area contributed by atoms with Gasteiger partial charge in [0.05, 0.1) is 5.69 Å². The summed E-state index contributed by atoms with van der Waals surface area (Å²) >= 11 is 0.553. The van der Waals surface area contributed by atoms with Crippen molar-refractivity contribution >= 4 is 17.4 Å². The van der Waals surface area contributed by atoms with E-state index in [0.29, 0.717) is 23.2 Å². The molecule has 2 rings (SSSR count). The second-order valence-corrected chi connectivity index (χ2v) is 5.17. The van der Waals surface area contributed by atoms with Crippen LogP contribution in [-0.4, -0.2) is 15.5 Å². The van der Waals surface area contributed by atoms with Gasteiger partial charge in [0.1, 0.15) is 0 Å². The number of benzene rings is 1. The molecule has 2 aromatic rings. The lowest BCUT2D eigenvalue weighted by Crippen LogP contribution is -2.01. The lowest BCUT2D eigenvalue weighted by Gasteiger charge is -2.10. The van der Waals surface area contributed by atoms with Gasteiger partial charge in [0.25, 0.3) is 5.76 Å². The third kappa shape index (κ3) is 3.70. The average Bonchev–Trinajstić information content (AvgIpc) is 2.66. The van der Waals surface area contributed by atoms with Gasteiger partial charge in [-0.25, -0.2) is 0 Å². The molecule has 0 spiro atoms. The predicted octanol–water partition coefficient (Wildman–Crippen LogP) is 3.66. The van der Waals surface area contributed by atoms with Gasteiger partial charge in [0.15, 0.2) is 0 Å². The van der Waals surface area contributed by atoms with Gasteiger partial charge in [-0.15, -0.1) is 0 Å². The van der Waals surface area contributed by atoms with E-state index in [1.165, 1.54) is 0 Å². The average molecular weight is 283 g/mol. The number of aryl methyl sites for hydroxylation is 2. The zero-order valence-electron chi connectivity index (χ0n) is 10.7. The summed E-state index contributed by atoms with van der Waals surface area (Å²) in [5, 5.41) is 7.43. The van der Waals surface area contributed by atoms with Crippen LogP contribution in [0.2, 0.25) is 0 Å². The fraction of sp³-hybridized carbons (Fsp3) is 0.308. The highest BCUT2D eigenvalue weighted by Crippen LogP contribution is 2.31. The highest BCUT2D eigenvalue weighted by molar-refractivity contribution is 7.99. The van der Waals surface area contributed by atoms with Crippen LogP contribution in [0.15, 0.2) is 35.4 Å². The maximum Gasteiger partial charge on any atom is 0.288 e. The molecule has 0 fully saturated rings. The van der Waals surface area contributed by atoms with Gasteiger partial charge < -0.3 is 5.32 Å². The summed E-state index contributed by atoms with van der Waals surface area (Å²) in [4.78, 5) is 0.555. The Morgan fingerprint density at radius 2 is 2.11 bits per heavy atom. The van der Waals surface area contributed by atoms with Crippen LogP contribution in [0.25, 0.3) is 0 Å². The molecule has 0 atom stereocenters.